The van der Waals surface area contributed by atoms with Gasteiger partial charge in [-0.3, -0.25) is 9.59 Å². The van der Waals surface area contributed by atoms with Gasteiger partial charge in [0.05, 0.1) is 24.3 Å². The van der Waals surface area contributed by atoms with Crippen LogP contribution in [0.5, 0.6) is 0 Å². The number of carbonyl (C=O) groups excluding carboxylic acids is 3. The van der Waals surface area contributed by atoms with E-state index >= 15 is 0 Å². The van der Waals surface area contributed by atoms with Crippen LogP contribution in [-0.2, 0) is 22.5 Å². The number of para-hydroxylation sites is 1. The van der Waals surface area contributed by atoms with Gasteiger partial charge < -0.3 is 19.9 Å². The Hall–Kier alpha value is -3.13. The van der Waals surface area contributed by atoms with Gasteiger partial charge in [0.25, 0.3) is 5.91 Å². The third-order valence-corrected chi connectivity index (χ3v) is 6.17. The molecule has 0 saturated heterocycles. The fourth-order valence-electron chi connectivity index (χ4n) is 3.61. The minimum Gasteiger partial charge on any atom is -0.462 e. The van der Waals surface area contributed by atoms with Crippen molar-refractivity contribution in [2.75, 3.05) is 18.5 Å². The van der Waals surface area contributed by atoms with E-state index in [4.69, 9.17) is 4.74 Å². The standard InChI is InChI=1S/C21H21N3O4S/c1-3-28-21(27)18-14-8-9-24(12(2)25)11-17(14)29-20(18)23-19(26)15-10-22-16-7-5-4-6-13(15)16/h4-7,10,22H,3,8-9,11H2,1-2H3,(H,23,26). The highest BCUT2D eigenvalue weighted by Gasteiger charge is 2.30. The Labute approximate surface area is 171 Å². The van der Waals surface area contributed by atoms with Crippen molar-refractivity contribution in [1.82, 2.24) is 9.88 Å². The van der Waals surface area contributed by atoms with Gasteiger partial charge in [-0.05, 0) is 25.0 Å². The molecule has 1 aliphatic heterocycles. The van der Waals surface area contributed by atoms with Gasteiger partial charge in [0, 0.05) is 35.4 Å². The second-order valence-corrected chi connectivity index (χ2v) is 7.93. The average molecular weight is 411 g/mol. The summed E-state index contributed by atoms with van der Waals surface area (Å²) < 4.78 is 5.24. The molecular formula is C21H21N3O4S. The minimum absolute atomic E-state index is 0.00823. The number of aromatic nitrogens is 1. The van der Waals surface area contributed by atoms with E-state index in [0.717, 1.165) is 21.3 Å². The van der Waals surface area contributed by atoms with Gasteiger partial charge in [0.2, 0.25) is 5.91 Å². The van der Waals surface area contributed by atoms with E-state index in [1.807, 2.05) is 24.3 Å². The summed E-state index contributed by atoms with van der Waals surface area (Å²) in [5.74, 6) is -0.753. The highest BCUT2D eigenvalue weighted by Crippen LogP contribution is 2.38. The Morgan fingerprint density at radius 1 is 1.28 bits per heavy atom. The molecule has 2 aromatic heterocycles. The zero-order chi connectivity index (χ0) is 20.5. The topological polar surface area (TPSA) is 91.5 Å². The van der Waals surface area contributed by atoms with E-state index in [0.29, 0.717) is 35.6 Å². The normalized spacial score (nSPS) is 13.2. The molecule has 7 nitrogen and oxygen atoms in total. The number of carbonyl (C=O) groups is 3. The molecule has 150 valence electrons. The van der Waals surface area contributed by atoms with Crippen molar-refractivity contribution in [3.63, 3.8) is 0 Å². The number of thiophene rings is 1. The van der Waals surface area contributed by atoms with E-state index in [-0.39, 0.29) is 18.4 Å². The van der Waals surface area contributed by atoms with Crippen LogP contribution in [-0.4, -0.2) is 40.8 Å². The highest BCUT2D eigenvalue weighted by atomic mass is 32.1. The number of rotatable bonds is 4. The predicted molar refractivity (Wildman–Crippen MR) is 111 cm³/mol. The number of benzene rings is 1. The smallest absolute Gasteiger partial charge is 0.341 e. The number of hydrogen-bond donors (Lipinski definition) is 2. The number of anilines is 1. The van der Waals surface area contributed by atoms with E-state index in [1.165, 1.54) is 18.3 Å². The van der Waals surface area contributed by atoms with Gasteiger partial charge in [-0.1, -0.05) is 18.2 Å². The Balaban J connectivity index is 1.70. The molecular weight excluding hydrogens is 390 g/mol. The minimum atomic E-state index is -0.449. The molecule has 0 unspecified atom stereocenters. The lowest BCUT2D eigenvalue weighted by atomic mass is 10.0. The van der Waals surface area contributed by atoms with E-state index < -0.39 is 5.97 Å². The molecule has 1 aromatic carbocycles. The lowest BCUT2D eigenvalue weighted by molar-refractivity contribution is -0.129. The first-order chi connectivity index (χ1) is 14.0. The van der Waals surface area contributed by atoms with Crippen molar-refractivity contribution in [2.45, 2.75) is 26.8 Å². The van der Waals surface area contributed by atoms with Crippen molar-refractivity contribution in [3.8, 4) is 0 Å². The SMILES string of the molecule is CCOC(=O)c1c(NC(=O)c2c[nH]c3ccccc23)sc2c1CCN(C(C)=O)C2. The molecule has 8 heteroatoms. The second kappa shape index (κ2) is 7.71. The number of nitrogens with zero attached hydrogens (tertiary/aromatic N) is 1. The van der Waals surface area contributed by atoms with Gasteiger partial charge in [-0.25, -0.2) is 4.79 Å². The fraction of sp³-hybridized carbons (Fsp3) is 0.286. The first kappa shape index (κ1) is 19.2. The summed E-state index contributed by atoms with van der Waals surface area (Å²) in [5.41, 5.74) is 2.64. The molecule has 0 aliphatic carbocycles. The molecule has 0 fully saturated rings. The molecule has 3 aromatic rings. The number of amides is 2. The quantitative estimate of drug-likeness (QED) is 0.642. The summed E-state index contributed by atoms with van der Waals surface area (Å²) in [5, 5.41) is 4.18. The van der Waals surface area contributed by atoms with Crippen LogP contribution in [0, 0.1) is 0 Å². The van der Waals surface area contributed by atoms with Crippen molar-refractivity contribution in [1.29, 1.82) is 0 Å². The molecule has 0 bridgehead atoms. The largest absolute Gasteiger partial charge is 0.462 e. The predicted octanol–water partition coefficient (Wildman–Crippen LogP) is 3.56. The van der Waals surface area contributed by atoms with Crippen LogP contribution in [0.3, 0.4) is 0 Å². The number of nitrogens with one attached hydrogen (secondary N) is 2. The lowest BCUT2D eigenvalue weighted by Gasteiger charge is -2.25. The molecule has 0 saturated carbocycles. The van der Waals surface area contributed by atoms with Crippen molar-refractivity contribution in [3.05, 3.63) is 52.0 Å². The Morgan fingerprint density at radius 3 is 2.83 bits per heavy atom. The van der Waals surface area contributed by atoms with Crippen LogP contribution in [0.1, 0.15) is 45.0 Å². The summed E-state index contributed by atoms with van der Waals surface area (Å²) >= 11 is 1.33. The zero-order valence-electron chi connectivity index (χ0n) is 16.2. The molecule has 0 atom stereocenters. The number of ether oxygens (including phenoxy) is 1. The first-order valence-electron chi connectivity index (χ1n) is 9.44. The van der Waals surface area contributed by atoms with Crippen LogP contribution in [0.25, 0.3) is 10.9 Å². The molecule has 29 heavy (non-hydrogen) atoms. The average Bonchev–Trinajstić information content (AvgIpc) is 3.28. The number of esters is 1. The zero-order valence-corrected chi connectivity index (χ0v) is 17.0. The van der Waals surface area contributed by atoms with Crippen molar-refractivity contribution < 1.29 is 19.1 Å². The third-order valence-electron chi connectivity index (χ3n) is 5.04. The Morgan fingerprint density at radius 2 is 2.07 bits per heavy atom. The number of aromatic amines is 1. The van der Waals surface area contributed by atoms with Crippen LogP contribution in [0.2, 0.25) is 0 Å². The van der Waals surface area contributed by atoms with E-state index in [9.17, 15) is 14.4 Å². The number of hydrogen-bond acceptors (Lipinski definition) is 5. The van der Waals surface area contributed by atoms with Gasteiger partial charge >= 0.3 is 5.97 Å². The Bertz CT molecular complexity index is 1110. The van der Waals surface area contributed by atoms with E-state index in [1.54, 1.807) is 18.0 Å². The lowest BCUT2D eigenvalue weighted by Crippen LogP contribution is -2.34. The van der Waals surface area contributed by atoms with Crippen LogP contribution in [0.15, 0.2) is 30.5 Å². The highest BCUT2D eigenvalue weighted by molar-refractivity contribution is 7.17. The van der Waals surface area contributed by atoms with Crippen molar-refractivity contribution in [2.24, 2.45) is 0 Å². The summed E-state index contributed by atoms with van der Waals surface area (Å²) in [7, 11) is 0. The fourth-order valence-corrected chi connectivity index (χ4v) is 4.86. The summed E-state index contributed by atoms with van der Waals surface area (Å²) in [6.45, 7) is 4.51. The van der Waals surface area contributed by atoms with Gasteiger partial charge in [0.1, 0.15) is 5.00 Å². The van der Waals surface area contributed by atoms with Crippen LogP contribution >= 0.6 is 11.3 Å². The molecule has 3 heterocycles. The van der Waals surface area contributed by atoms with Gasteiger partial charge in [0.15, 0.2) is 0 Å². The second-order valence-electron chi connectivity index (χ2n) is 6.82. The van der Waals surface area contributed by atoms with Crippen molar-refractivity contribution >= 4 is 45.0 Å². The van der Waals surface area contributed by atoms with Gasteiger partial charge in [-0.15, -0.1) is 11.3 Å². The molecule has 0 spiro atoms. The summed E-state index contributed by atoms with van der Waals surface area (Å²) in [4.78, 5) is 43.1. The first-order valence-corrected chi connectivity index (χ1v) is 10.3. The van der Waals surface area contributed by atoms with Crippen LogP contribution < -0.4 is 5.32 Å². The summed E-state index contributed by atoms with van der Waals surface area (Å²) in [6, 6.07) is 7.54. The number of fused-ring (bicyclic) bond motifs is 2. The molecule has 2 N–H and O–H groups in total. The molecule has 0 radical (unpaired) electrons. The number of H-pyrrole nitrogens is 1. The van der Waals surface area contributed by atoms with E-state index in [2.05, 4.69) is 10.3 Å². The molecule has 1 aliphatic rings. The summed E-state index contributed by atoms with van der Waals surface area (Å²) in [6.07, 6.45) is 2.22. The maximum atomic E-state index is 13.0. The molecule has 4 rings (SSSR count). The Kier molecular flexibility index (Phi) is 5.10. The molecule has 2 amide bonds. The van der Waals surface area contributed by atoms with Gasteiger partial charge in [-0.2, -0.15) is 0 Å². The maximum absolute atomic E-state index is 13.0. The monoisotopic (exact) mass is 411 g/mol. The van der Waals surface area contributed by atoms with Crippen LogP contribution in [0.4, 0.5) is 5.00 Å². The maximum Gasteiger partial charge on any atom is 0.341 e. The third kappa shape index (κ3) is 3.51.